The molecule has 2 amide bonds. The van der Waals surface area contributed by atoms with Gasteiger partial charge in [-0.3, -0.25) is 14.4 Å². The molecule has 23 heavy (non-hydrogen) atoms. The summed E-state index contributed by atoms with van der Waals surface area (Å²) in [5.41, 5.74) is 0.864. The predicted octanol–water partition coefficient (Wildman–Crippen LogP) is 1.58. The Morgan fingerprint density at radius 3 is 2.61 bits per heavy atom. The van der Waals surface area contributed by atoms with Crippen LogP contribution in [0.5, 0.6) is 0 Å². The molecule has 1 aromatic carbocycles. The lowest BCUT2D eigenvalue weighted by atomic mass is 9.97. The molecule has 6 heteroatoms. The van der Waals surface area contributed by atoms with Gasteiger partial charge in [0.15, 0.2) is 0 Å². The van der Waals surface area contributed by atoms with Gasteiger partial charge in [0.1, 0.15) is 0 Å². The minimum absolute atomic E-state index is 0.126. The number of carbonyl (C=O) groups is 3. The fourth-order valence-corrected chi connectivity index (χ4v) is 2.89. The molecule has 124 valence electrons. The molecule has 1 aliphatic rings. The Balaban J connectivity index is 2.05. The van der Waals surface area contributed by atoms with E-state index in [4.69, 9.17) is 5.11 Å². The van der Waals surface area contributed by atoms with Gasteiger partial charge in [-0.2, -0.15) is 0 Å². The average molecular weight is 318 g/mol. The maximum Gasteiger partial charge on any atom is 0.308 e. The quantitative estimate of drug-likeness (QED) is 0.863. The molecule has 0 bridgehead atoms. The van der Waals surface area contributed by atoms with Crippen molar-refractivity contribution in [3.05, 3.63) is 35.9 Å². The molecule has 0 spiro atoms. The molecule has 2 N–H and O–H groups in total. The second kappa shape index (κ2) is 7.76. The van der Waals surface area contributed by atoms with Crippen LogP contribution in [-0.2, 0) is 14.4 Å². The molecule has 2 atom stereocenters. The summed E-state index contributed by atoms with van der Waals surface area (Å²) in [5.74, 6) is -1.68. The number of likely N-dealkylation sites (tertiary alicyclic amines) is 1. The SMILES string of the molecule is CC(=O)NC(CC(=O)N1CCCC(C(=O)O)C1)c1ccccc1. The molecule has 0 radical (unpaired) electrons. The van der Waals surface area contributed by atoms with Crippen LogP contribution in [0.15, 0.2) is 30.3 Å². The normalized spacial score (nSPS) is 19.0. The smallest absolute Gasteiger partial charge is 0.308 e. The van der Waals surface area contributed by atoms with Crippen LogP contribution in [0.4, 0.5) is 0 Å². The van der Waals surface area contributed by atoms with Crippen molar-refractivity contribution in [3.8, 4) is 0 Å². The van der Waals surface area contributed by atoms with Gasteiger partial charge in [0, 0.05) is 20.0 Å². The zero-order valence-corrected chi connectivity index (χ0v) is 13.2. The van der Waals surface area contributed by atoms with E-state index in [2.05, 4.69) is 5.32 Å². The zero-order chi connectivity index (χ0) is 16.8. The van der Waals surface area contributed by atoms with Crippen molar-refractivity contribution in [1.82, 2.24) is 10.2 Å². The molecule has 0 aliphatic carbocycles. The topological polar surface area (TPSA) is 86.7 Å². The third kappa shape index (κ3) is 4.81. The van der Waals surface area contributed by atoms with Crippen LogP contribution < -0.4 is 5.32 Å². The number of nitrogens with one attached hydrogen (secondary N) is 1. The summed E-state index contributed by atoms with van der Waals surface area (Å²) >= 11 is 0. The van der Waals surface area contributed by atoms with Gasteiger partial charge in [-0.15, -0.1) is 0 Å². The van der Waals surface area contributed by atoms with Crippen LogP contribution in [0.2, 0.25) is 0 Å². The maximum absolute atomic E-state index is 12.5. The van der Waals surface area contributed by atoms with Gasteiger partial charge in [0.25, 0.3) is 0 Å². The van der Waals surface area contributed by atoms with Gasteiger partial charge in [0.2, 0.25) is 11.8 Å². The molecule has 1 fully saturated rings. The molecule has 1 aliphatic heterocycles. The number of rotatable bonds is 5. The van der Waals surface area contributed by atoms with Crippen molar-refractivity contribution < 1.29 is 19.5 Å². The van der Waals surface area contributed by atoms with Gasteiger partial charge < -0.3 is 15.3 Å². The van der Waals surface area contributed by atoms with Gasteiger partial charge >= 0.3 is 5.97 Å². The van der Waals surface area contributed by atoms with Crippen LogP contribution in [-0.4, -0.2) is 40.9 Å². The summed E-state index contributed by atoms with van der Waals surface area (Å²) < 4.78 is 0. The van der Waals surface area contributed by atoms with E-state index in [9.17, 15) is 14.4 Å². The van der Waals surface area contributed by atoms with Crippen LogP contribution in [0.1, 0.15) is 37.8 Å². The number of hydrogen-bond donors (Lipinski definition) is 2. The van der Waals surface area contributed by atoms with E-state index < -0.39 is 17.9 Å². The first-order chi connectivity index (χ1) is 11.0. The lowest BCUT2D eigenvalue weighted by molar-refractivity contribution is -0.145. The fraction of sp³-hybridized carbons (Fsp3) is 0.471. The number of piperidine rings is 1. The van der Waals surface area contributed by atoms with Crippen molar-refractivity contribution in [2.45, 2.75) is 32.2 Å². The highest BCUT2D eigenvalue weighted by molar-refractivity contribution is 5.80. The third-order valence-corrected chi connectivity index (χ3v) is 4.08. The van der Waals surface area contributed by atoms with Crippen LogP contribution in [0, 0.1) is 5.92 Å². The lowest BCUT2D eigenvalue weighted by Gasteiger charge is -2.32. The summed E-state index contributed by atoms with van der Waals surface area (Å²) in [6.45, 7) is 2.24. The van der Waals surface area contributed by atoms with Crippen LogP contribution in [0.25, 0.3) is 0 Å². The highest BCUT2D eigenvalue weighted by atomic mass is 16.4. The standard InChI is InChI=1S/C17H22N2O4/c1-12(20)18-15(13-6-3-2-4-7-13)10-16(21)19-9-5-8-14(11-19)17(22)23/h2-4,6-7,14-15H,5,8-11H2,1H3,(H,18,20)(H,22,23). The fourth-order valence-electron chi connectivity index (χ4n) is 2.89. The number of hydrogen-bond acceptors (Lipinski definition) is 3. The molecular weight excluding hydrogens is 296 g/mol. The molecule has 2 unspecified atom stereocenters. The zero-order valence-electron chi connectivity index (χ0n) is 13.2. The van der Waals surface area contributed by atoms with E-state index in [1.807, 2.05) is 30.3 Å². The highest BCUT2D eigenvalue weighted by Gasteiger charge is 2.29. The van der Waals surface area contributed by atoms with Crippen LogP contribution in [0.3, 0.4) is 0 Å². The van der Waals surface area contributed by atoms with Gasteiger partial charge in [0.05, 0.1) is 18.4 Å². The Morgan fingerprint density at radius 2 is 2.00 bits per heavy atom. The van der Waals surface area contributed by atoms with Gasteiger partial charge in [-0.05, 0) is 18.4 Å². The first-order valence-electron chi connectivity index (χ1n) is 7.80. The number of carbonyl (C=O) groups excluding carboxylic acids is 2. The molecule has 1 heterocycles. The van der Waals surface area contributed by atoms with Crippen molar-refractivity contribution in [2.24, 2.45) is 5.92 Å². The number of carboxylic acid groups (broad SMARTS) is 1. The minimum atomic E-state index is -0.857. The summed E-state index contributed by atoms with van der Waals surface area (Å²) in [7, 11) is 0. The number of carboxylic acids is 1. The number of nitrogens with zero attached hydrogens (tertiary/aromatic N) is 1. The Hall–Kier alpha value is -2.37. The van der Waals surface area contributed by atoms with Crippen molar-refractivity contribution >= 4 is 17.8 Å². The third-order valence-electron chi connectivity index (χ3n) is 4.08. The summed E-state index contributed by atoms with van der Waals surface area (Å²) in [5, 5.41) is 11.9. The Kier molecular flexibility index (Phi) is 5.73. The highest BCUT2D eigenvalue weighted by Crippen LogP contribution is 2.22. The largest absolute Gasteiger partial charge is 0.481 e. The Labute approximate surface area is 135 Å². The van der Waals surface area contributed by atoms with E-state index in [1.165, 1.54) is 6.92 Å². The molecule has 0 aromatic heterocycles. The first kappa shape index (κ1) is 17.0. The van der Waals surface area contributed by atoms with E-state index in [-0.39, 0.29) is 24.8 Å². The number of aliphatic carboxylic acids is 1. The van der Waals surface area contributed by atoms with E-state index in [0.717, 1.165) is 5.56 Å². The maximum atomic E-state index is 12.5. The van der Waals surface area contributed by atoms with Gasteiger partial charge in [-0.25, -0.2) is 0 Å². The van der Waals surface area contributed by atoms with Crippen molar-refractivity contribution in [2.75, 3.05) is 13.1 Å². The predicted molar refractivity (Wildman–Crippen MR) is 84.6 cm³/mol. The van der Waals surface area contributed by atoms with E-state index >= 15 is 0 Å². The Morgan fingerprint density at radius 1 is 1.30 bits per heavy atom. The first-order valence-corrected chi connectivity index (χ1v) is 7.80. The summed E-state index contributed by atoms with van der Waals surface area (Å²) in [6.07, 6.45) is 1.43. The van der Waals surface area contributed by atoms with E-state index in [0.29, 0.717) is 19.4 Å². The number of benzene rings is 1. The Bertz CT molecular complexity index is 573. The molecule has 6 nitrogen and oxygen atoms in total. The molecule has 2 rings (SSSR count). The summed E-state index contributed by atoms with van der Waals surface area (Å²) in [6, 6.07) is 8.92. The summed E-state index contributed by atoms with van der Waals surface area (Å²) in [4.78, 5) is 36.6. The van der Waals surface area contributed by atoms with Crippen molar-refractivity contribution in [3.63, 3.8) is 0 Å². The van der Waals surface area contributed by atoms with Gasteiger partial charge in [-0.1, -0.05) is 30.3 Å². The lowest BCUT2D eigenvalue weighted by Crippen LogP contribution is -2.43. The van der Waals surface area contributed by atoms with E-state index in [1.54, 1.807) is 4.90 Å². The van der Waals surface area contributed by atoms with Crippen LogP contribution >= 0.6 is 0 Å². The van der Waals surface area contributed by atoms with Crippen molar-refractivity contribution in [1.29, 1.82) is 0 Å². The second-order valence-electron chi connectivity index (χ2n) is 5.89. The molecule has 0 saturated carbocycles. The minimum Gasteiger partial charge on any atom is -0.481 e. The molecule has 1 saturated heterocycles. The average Bonchev–Trinajstić information content (AvgIpc) is 2.54. The second-order valence-corrected chi connectivity index (χ2v) is 5.89. The number of amides is 2. The monoisotopic (exact) mass is 318 g/mol. The molecule has 1 aromatic rings. The molecular formula is C17H22N2O4.